The Bertz CT molecular complexity index is 991. The van der Waals surface area contributed by atoms with E-state index < -0.39 is 17.5 Å². The number of anilines is 1. The van der Waals surface area contributed by atoms with E-state index in [2.05, 4.69) is 20.5 Å². The van der Waals surface area contributed by atoms with Crippen molar-refractivity contribution in [1.29, 1.82) is 0 Å². The van der Waals surface area contributed by atoms with Gasteiger partial charge in [0.15, 0.2) is 11.6 Å². The molecule has 3 aromatic rings. The molecule has 0 aliphatic heterocycles. The number of carbonyl (C=O) groups is 1. The lowest BCUT2D eigenvalue weighted by Crippen LogP contribution is -2.14. The molecule has 0 saturated carbocycles. The Labute approximate surface area is 151 Å². The standard InChI is InChI=1S/C17H14F2N4O2S/c1-8-6-11(10-4-5-13(18)14(19)9(10)2)12(7-20-8)15(24)21-16-22-23-17(25-3)26-16/h4-7H,1-3H3,(H,21,22,24). The molecule has 0 unspecified atom stereocenters. The van der Waals surface area contributed by atoms with Gasteiger partial charge in [-0.1, -0.05) is 11.2 Å². The first-order valence-electron chi connectivity index (χ1n) is 7.51. The number of hydrogen-bond donors (Lipinski definition) is 1. The van der Waals surface area contributed by atoms with Crippen molar-refractivity contribution in [3.8, 4) is 16.3 Å². The molecular formula is C17H14F2N4O2S. The molecule has 0 aliphatic rings. The quantitative estimate of drug-likeness (QED) is 0.750. The largest absolute Gasteiger partial charge is 0.472 e. The zero-order valence-corrected chi connectivity index (χ0v) is 14.9. The van der Waals surface area contributed by atoms with Gasteiger partial charge in [0.1, 0.15) is 0 Å². The third-order valence-corrected chi connectivity index (χ3v) is 4.52. The maximum Gasteiger partial charge on any atom is 0.295 e. The zero-order chi connectivity index (χ0) is 18.8. The summed E-state index contributed by atoms with van der Waals surface area (Å²) in [6.45, 7) is 3.21. The fourth-order valence-corrected chi connectivity index (χ4v) is 2.97. The number of carbonyl (C=O) groups excluding carboxylic acids is 1. The van der Waals surface area contributed by atoms with Crippen molar-refractivity contribution in [2.75, 3.05) is 12.4 Å². The van der Waals surface area contributed by atoms with E-state index >= 15 is 0 Å². The average molecular weight is 376 g/mol. The Morgan fingerprint density at radius 2 is 1.96 bits per heavy atom. The predicted molar refractivity (Wildman–Crippen MR) is 93.5 cm³/mol. The maximum absolute atomic E-state index is 14.0. The van der Waals surface area contributed by atoms with Crippen LogP contribution in [0.3, 0.4) is 0 Å². The van der Waals surface area contributed by atoms with Crippen LogP contribution in [0.5, 0.6) is 5.19 Å². The Morgan fingerprint density at radius 1 is 1.19 bits per heavy atom. The van der Waals surface area contributed by atoms with Crippen molar-refractivity contribution in [2.24, 2.45) is 0 Å². The molecule has 2 aromatic heterocycles. The summed E-state index contributed by atoms with van der Waals surface area (Å²) in [5.41, 5.74) is 1.82. The van der Waals surface area contributed by atoms with Crippen LogP contribution in [0.4, 0.5) is 13.9 Å². The van der Waals surface area contributed by atoms with Crippen molar-refractivity contribution in [3.63, 3.8) is 0 Å². The number of aryl methyl sites for hydroxylation is 1. The van der Waals surface area contributed by atoms with Crippen molar-refractivity contribution < 1.29 is 18.3 Å². The first kappa shape index (κ1) is 17.9. The summed E-state index contributed by atoms with van der Waals surface area (Å²) in [5, 5.41) is 10.7. The average Bonchev–Trinajstić information content (AvgIpc) is 3.07. The van der Waals surface area contributed by atoms with Crippen molar-refractivity contribution in [1.82, 2.24) is 15.2 Å². The smallest absolute Gasteiger partial charge is 0.295 e. The molecule has 1 N–H and O–H groups in total. The van der Waals surface area contributed by atoms with Gasteiger partial charge < -0.3 is 4.74 Å². The number of aromatic nitrogens is 3. The van der Waals surface area contributed by atoms with Crippen LogP contribution >= 0.6 is 11.3 Å². The molecule has 0 bridgehead atoms. The Kier molecular flexibility index (Phi) is 4.90. The highest BCUT2D eigenvalue weighted by atomic mass is 32.1. The number of nitrogens with zero attached hydrogens (tertiary/aromatic N) is 3. The summed E-state index contributed by atoms with van der Waals surface area (Å²) < 4.78 is 32.4. The first-order chi connectivity index (χ1) is 12.4. The minimum absolute atomic E-state index is 0.113. The zero-order valence-electron chi connectivity index (χ0n) is 14.1. The molecule has 0 fully saturated rings. The summed E-state index contributed by atoms with van der Waals surface area (Å²) in [6, 6.07) is 4.12. The summed E-state index contributed by atoms with van der Waals surface area (Å²) in [5.74, 6) is -2.38. The van der Waals surface area contributed by atoms with Crippen LogP contribution in [0.15, 0.2) is 24.4 Å². The molecule has 1 aromatic carbocycles. The molecule has 134 valence electrons. The number of hydrogen-bond acceptors (Lipinski definition) is 6. The molecular weight excluding hydrogens is 362 g/mol. The third kappa shape index (κ3) is 3.38. The van der Waals surface area contributed by atoms with Gasteiger partial charge in [-0.3, -0.25) is 15.1 Å². The van der Waals surface area contributed by atoms with E-state index in [-0.39, 0.29) is 16.3 Å². The minimum atomic E-state index is -0.947. The molecule has 1 amide bonds. The topological polar surface area (TPSA) is 77.0 Å². The molecule has 3 rings (SSSR count). The highest BCUT2D eigenvalue weighted by Crippen LogP contribution is 2.30. The van der Waals surface area contributed by atoms with Crippen LogP contribution in [0.25, 0.3) is 11.1 Å². The molecule has 0 saturated heterocycles. The summed E-state index contributed by atoms with van der Waals surface area (Å²) in [6.07, 6.45) is 1.39. The molecule has 0 atom stereocenters. The van der Waals surface area contributed by atoms with Crippen molar-refractivity contribution >= 4 is 22.4 Å². The van der Waals surface area contributed by atoms with Gasteiger partial charge in [-0.15, -0.1) is 5.10 Å². The predicted octanol–water partition coefficient (Wildman–Crippen LogP) is 3.76. The number of rotatable bonds is 4. The second kappa shape index (κ2) is 7.12. The van der Waals surface area contributed by atoms with Crippen molar-refractivity contribution in [3.05, 3.63) is 52.9 Å². The molecule has 9 heteroatoms. The fraction of sp³-hybridized carbons (Fsp3) is 0.176. The van der Waals surface area contributed by atoms with Gasteiger partial charge >= 0.3 is 0 Å². The molecule has 2 heterocycles. The number of amides is 1. The van der Waals surface area contributed by atoms with E-state index in [1.54, 1.807) is 13.0 Å². The van der Waals surface area contributed by atoms with E-state index in [9.17, 15) is 13.6 Å². The lowest BCUT2D eigenvalue weighted by Gasteiger charge is -2.13. The molecule has 0 aliphatic carbocycles. The number of nitrogens with one attached hydrogen (secondary N) is 1. The monoisotopic (exact) mass is 376 g/mol. The van der Waals surface area contributed by atoms with Gasteiger partial charge in [0.05, 0.1) is 12.7 Å². The maximum atomic E-state index is 14.0. The summed E-state index contributed by atoms with van der Waals surface area (Å²) in [7, 11) is 1.44. The van der Waals surface area contributed by atoms with Crippen LogP contribution < -0.4 is 10.1 Å². The fourth-order valence-electron chi connectivity index (χ4n) is 2.41. The van der Waals surface area contributed by atoms with Crippen LogP contribution in [-0.4, -0.2) is 28.2 Å². The molecule has 0 radical (unpaired) electrons. The molecule has 6 nitrogen and oxygen atoms in total. The number of benzene rings is 1. The number of pyridine rings is 1. The number of ether oxygens (including phenoxy) is 1. The minimum Gasteiger partial charge on any atom is -0.472 e. The second-order valence-corrected chi connectivity index (χ2v) is 6.38. The SMILES string of the molecule is COc1nnc(NC(=O)c2cnc(C)cc2-c2ccc(F)c(F)c2C)s1. The summed E-state index contributed by atoms with van der Waals surface area (Å²) >= 11 is 1.06. The van der Waals surface area contributed by atoms with E-state index in [0.717, 1.165) is 17.4 Å². The second-order valence-electron chi connectivity index (χ2n) is 5.44. The normalized spacial score (nSPS) is 10.7. The lowest BCUT2D eigenvalue weighted by molar-refractivity contribution is 0.102. The van der Waals surface area contributed by atoms with Gasteiger partial charge in [0.2, 0.25) is 5.13 Å². The summed E-state index contributed by atoms with van der Waals surface area (Å²) in [4.78, 5) is 16.8. The number of methoxy groups -OCH3 is 1. The molecule has 0 spiro atoms. The Morgan fingerprint density at radius 3 is 2.65 bits per heavy atom. The van der Waals surface area contributed by atoms with E-state index in [1.165, 1.54) is 26.3 Å². The van der Waals surface area contributed by atoms with Crippen LogP contribution in [0.1, 0.15) is 21.6 Å². The van der Waals surface area contributed by atoms with Crippen molar-refractivity contribution in [2.45, 2.75) is 13.8 Å². The lowest BCUT2D eigenvalue weighted by atomic mass is 9.96. The van der Waals surface area contributed by atoms with Gasteiger partial charge in [-0.2, -0.15) is 0 Å². The van der Waals surface area contributed by atoms with Gasteiger partial charge in [0.25, 0.3) is 11.1 Å². The van der Waals surface area contributed by atoms with Gasteiger partial charge in [0, 0.05) is 11.9 Å². The van der Waals surface area contributed by atoms with E-state index in [1.807, 2.05) is 0 Å². The highest BCUT2D eigenvalue weighted by Gasteiger charge is 2.19. The van der Waals surface area contributed by atoms with Crippen LogP contribution in [-0.2, 0) is 0 Å². The molecule has 26 heavy (non-hydrogen) atoms. The van der Waals surface area contributed by atoms with E-state index in [0.29, 0.717) is 22.0 Å². The van der Waals surface area contributed by atoms with Gasteiger partial charge in [-0.05, 0) is 54.0 Å². The van der Waals surface area contributed by atoms with Gasteiger partial charge in [-0.25, -0.2) is 8.78 Å². The highest BCUT2D eigenvalue weighted by molar-refractivity contribution is 7.17. The Hall–Kier alpha value is -2.94. The van der Waals surface area contributed by atoms with E-state index in [4.69, 9.17) is 4.74 Å². The van der Waals surface area contributed by atoms with Crippen LogP contribution in [0.2, 0.25) is 0 Å². The number of halogens is 2. The first-order valence-corrected chi connectivity index (χ1v) is 8.32. The Balaban J connectivity index is 2.03. The third-order valence-electron chi connectivity index (χ3n) is 3.72. The van der Waals surface area contributed by atoms with Crippen LogP contribution in [0, 0.1) is 25.5 Å².